The number of amides is 1. The summed E-state index contributed by atoms with van der Waals surface area (Å²) in [6, 6.07) is 12.7. The van der Waals surface area contributed by atoms with Gasteiger partial charge in [0, 0.05) is 68.0 Å². The number of likely N-dealkylation sites (N-methyl/N-ethyl adjacent to an activating group) is 1. The number of aromatic amines is 1. The van der Waals surface area contributed by atoms with Crippen LogP contribution in [0.15, 0.2) is 42.5 Å². The van der Waals surface area contributed by atoms with E-state index in [2.05, 4.69) is 33.9 Å². The van der Waals surface area contributed by atoms with Gasteiger partial charge in [0.25, 0.3) is 5.91 Å². The smallest absolute Gasteiger partial charge is 0.270 e. The van der Waals surface area contributed by atoms with Crippen LogP contribution in [-0.4, -0.2) is 80.2 Å². The number of nitrogens with one attached hydrogen (secondary N) is 2. The quantitative estimate of drug-likeness (QED) is 0.433. The lowest BCUT2D eigenvalue weighted by molar-refractivity contribution is 0.0740. The molecule has 3 aromatic rings. The highest BCUT2D eigenvalue weighted by molar-refractivity contribution is 6.01. The van der Waals surface area contributed by atoms with Crippen molar-refractivity contribution in [3.63, 3.8) is 0 Å². The second-order valence-corrected chi connectivity index (χ2v) is 8.85. The van der Waals surface area contributed by atoms with Crippen LogP contribution in [0.25, 0.3) is 10.9 Å². The number of fused-ring (bicyclic) bond motifs is 1. The highest BCUT2D eigenvalue weighted by Gasteiger charge is 2.26. The fraction of sp³-hybridized carbons (Fsp3) is 0.444. The van der Waals surface area contributed by atoms with Crippen molar-refractivity contribution >= 4 is 22.5 Å². The molecule has 4 rings (SSSR count). The molecule has 0 bridgehead atoms. The predicted octanol–water partition coefficient (Wildman–Crippen LogP) is 3.71. The molecule has 35 heavy (non-hydrogen) atoms. The summed E-state index contributed by atoms with van der Waals surface area (Å²) in [4.78, 5) is 23.4. The summed E-state index contributed by atoms with van der Waals surface area (Å²) in [7, 11) is 1.66. The maximum Gasteiger partial charge on any atom is 0.270 e. The summed E-state index contributed by atoms with van der Waals surface area (Å²) in [5.41, 5.74) is 3.30. The van der Waals surface area contributed by atoms with E-state index in [1.165, 1.54) is 12.1 Å². The van der Waals surface area contributed by atoms with Crippen molar-refractivity contribution in [2.45, 2.75) is 20.4 Å². The number of hydrogen-bond donors (Lipinski definition) is 2. The van der Waals surface area contributed by atoms with Gasteiger partial charge in [0.15, 0.2) is 0 Å². The van der Waals surface area contributed by atoms with Crippen molar-refractivity contribution in [1.82, 2.24) is 20.1 Å². The first-order chi connectivity index (χ1) is 17.0. The SMILES string of the molecule is CCN(CC)CCNCc1c(C(=O)N2CCN(c3ccc(OC)cc3)CC2)[nH]c2ccc(F)cc12. The molecule has 0 unspecified atom stereocenters. The highest BCUT2D eigenvalue weighted by Crippen LogP contribution is 2.26. The molecule has 1 saturated heterocycles. The lowest BCUT2D eigenvalue weighted by Crippen LogP contribution is -2.49. The summed E-state index contributed by atoms with van der Waals surface area (Å²) in [6.45, 7) is 11.3. The molecule has 1 amide bonds. The molecule has 1 aliphatic heterocycles. The first-order valence-corrected chi connectivity index (χ1v) is 12.5. The van der Waals surface area contributed by atoms with Gasteiger partial charge >= 0.3 is 0 Å². The van der Waals surface area contributed by atoms with Crippen molar-refractivity contribution in [1.29, 1.82) is 0 Å². The number of H-pyrrole nitrogens is 1. The molecule has 1 aliphatic rings. The van der Waals surface area contributed by atoms with Crippen LogP contribution in [0.2, 0.25) is 0 Å². The first-order valence-electron chi connectivity index (χ1n) is 12.5. The van der Waals surface area contributed by atoms with Gasteiger partial charge in [0.2, 0.25) is 0 Å². The van der Waals surface area contributed by atoms with Gasteiger partial charge in [-0.15, -0.1) is 0 Å². The molecule has 188 valence electrons. The Labute approximate surface area is 206 Å². The van der Waals surface area contributed by atoms with E-state index in [1.807, 2.05) is 29.2 Å². The number of halogens is 1. The van der Waals surface area contributed by atoms with E-state index in [1.54, 1.807) is 13.2 Å². The molecule has 0 saturated carbocycles. The summed E-state index contributed by atoms with van der Waals surface area (Å²) in [5.74, 6) is 0.501. The second kappa shape index (κ2) is 11.6. The van der Waals surface area contributed by atoms with Gasteiger partial charge in [0.1, 0.15) is 17.3 Å². The maximum atomic E-state index is 14.1. The van der Waals surface area contributed by atoms with Crippen molar-refractivity contribution < 1.29 is 13.9 Å². The lowest BCUT2D eigenvalue weighted by Gasteiger charge is -2.36. The van der Waals surface area contributed by atoms with Gasteiger partial charge in [-0.3, -0.25) is 4.79 Å². The number of aromatic nitrogens is 1. The predicted molar refractivity (Wildman–Crippen MR) is 139 cm³/mol. The van der Waals surface area contributed by atoms with Crippen molar-refractivity contribution in [3.05, 3.63) is 59.5 Å². The highest BCUT2D eigenvalue weighted by atomic mass is 19.1. The van der Waals surface area contributed by atoms with Crippen LogP contribution >= 0.6 is 0 Å². The van der Waals surface area contributed by atoms with E-state index >= 15 is 0 Å². The minimum atomic E-state index is -0.298. The van der Waals surface area contributed by atoms with E-state index < -0.39 is 0 Å². The number of methoxy groups -OCH3 is 1. The Morgan fingerprint density at radius 2 is 1.80 bits per heavy atom. The summed E-state index contributed by atoms with van der Waals surface area (Å²) in [6.07, 6.45) is 0. The fourth-order valence-corrected chi connectivity index (χ4v) is 4.70. The van der Waals surface area contributed by atoms with E-state index in [-0.39, 0.29) is 11.7 Å². The van der Waals surface area contributed by atoms with Crippen LogP contribution in [0.5, 0.6) is 5.75 Å². The van der Waals surface area contributed by atoms with Gasteiger partial charge in [-0.1, -0.05) is 13.8 Å². The topological polar surface area (TPSA) is 63.8 Å². The Balaban J connectivity index is 1.46. The Bertz CT molecular complexity index is 1120. The number of piperazine rings is 1. The molecule has 0 radical (unpaired) electrons. The Morgan fingerprint density at radius 3 is 2.46 bits per heavy atom. The van der Waals surface area contributed by atoms with Gasteiger partial charge in [-0.2, -0.15) is 0 Å². The second-order valence-electron chi connectivity index (χ2n) is 8.85. The molecule has 0 atom stereocenters. The average Bonchev–Trinajstić information content (AvgIpc) is 3.26. The summed E-state index contributed by atoms with van der Waals surface area (Å²) in [5, 5.41) is 4.23. The molecular formula is C27H36FN5O2. The lowest BCUT2D eigenvalue weighted by atomic mass is 10.1. The molecule has 2 heterocycles. The monoisotopic (exact) mass is 481 g/mol. The van der Waals surface area contributed by atoms with E-state index in [0.717, 1.165) is 67.2 Å². The first kappa shape index (κ1) is 25.0. The zero-order valence-electron chi connectivity index (χ0n) is 20.9. The van der Waals surface area contributed by atoms with Crippen LogP contribution in [0.4, 0.5) is 10.1 Å². The number of anilines is 1. The van der Waals surface area contributed by atoms with Crippen molar-refractivity contribution in [2.24, 2.45) is 0 Å². The number of ether oxygens (including phenoxy) is 1. The normalized spacial score (nSPS) is 14.2. The zero-order chi connectivity index (χ0) is 24.8. The van der Waals surface area contributed by atoms with Crippen LogP contribution in [0, 0.1) is 5.82 Å². The van der Waals surface area contributed by atoms with E-state index in [4.69, 9.17) is 4.74 Å². The molecular weight excluding hydrogens is 445 g/mol. The third-order valence-corrected chi connectivity index (χ3v) is 6.89. The number of nitrogens with zero attached hydrogens (tertiary/aromatic N) is 3. The Morgan fingerprint density at radius 1 is 1.09 bits per heavy atom. The zero-order valence-corrected chi connectivity index (χ0v) is 20.9. The largest absolute Gasteiger partial charge is 0.497 e. The minimum absolute atomic E-state index is 0.0310. The molecule has 8 heteroatoms. The third kappa shape index (κ3) is 5.77. The molecule has 0 spiro atoms. The van der Waals surface area contributed by atoms with Gasteiger partial charge in [-0.05, 0) is 55.6 Å². The van der Waals surface area contributed by atoms with E-state index in [0.29, 0.717) is 25.3 Å². The van der Waals surface area contributed by atoms with Crippen LogP contribution in [0.1, 0.15) is 29.9 Å². The number of carbonyl (C=O) groups excluding carboxylic acids is 1. The van der Waals surface area contributed by atoms with Gasteiger partial charge < -0.3 is 29.7 Å². The number of benzene rings is 2. The van der Waals surface area contributed by atoms with Crippen molar-refractivity contribution in [2.75, 3.05) is 64.4 Å². The molecule has 7 nitrogen and oxygen atoms in total. The summed E-state index contributed by atoms with van der Waals surface area (Å²) >= 11 is 0. The summed E-state index contributed by atoms with van der Waals surface area (Å²) < 4.78 is 19.3. The number of rotatable bonds is 10. The minimum Gasteiger partial charge on any atom is -0.497 e. The molecule has 1 aromatic heterocycles. The molecule has 0 aliphatic carbocycles. The van der Waals surface area contributed by atoms with Crippen LogP contribution < -0.4 is 15.0 Å². The standard InChI is InChI=1S/C27H36FN5O2/c1-4-31(5-2)13-12-29-19-24-23-18-20(28)6-11-25(23)30-26(24)27(34)33-16-14-32(15-17-33)21-7-9-22(35-3)10-8-21/h6-11,18,29-30H,4-5,12-17,19H2,1-3H3. The van der Waals surface area contributed by atoms with Crippen LogP contribution in [-0.2, 0) is 6.54 Å². The molecule has 1 fully saturated rings. The fourth-order valence-electron chi connectivity index (χ4n) is 4.70. The maximum absolute atomic E-state index is 14.1. The van der Waals surface area contributed by atoms with Gasteiger partial charge in [-0.25, -0.2) is 4.39 Å². The number of hydrogen-bond acceptors (Lipinski definition) is 5. The van der Waals surface area contributed by atoms with E-state index in [9.17, 15) is 9.18 Å². The Kier molecular flexibility index (Phi) is 8.25. The number of carbonyl (C=O) groups is 1. The average molecular weight is 482 g/mol. The van der Waals surface area contributed by atoms with Crippen LogP contribution in [0.3, 0.4) is 0 Å². The molecule has 2 N–H and O–H groups in total. The van der Waals surface area contributed by atoms with Crippen molar-refractivity contribution in [3.8, 4) is 5.75 Å². The third-order valence-electron chi connectivity index (χ3n) is 6.89. The van der Waals surface area contributed by atoms with Gasteiger partial charge in [0.05, 0.1) is 7.11 Å². The Hall–Kier alpha value is -3.10. The molecule has 2 aromatic carbocycles.